The molecule has 4 aromatic rings. The summed E-state index contributed by atoms with van der Waals surface area (Å²) in [6.07, 6.45) is 4.02. The van der Waals surface area contributed by atoms with Crippen molar-refractivity contribution in [2.45, 2.75) is 24.7 Å². The number of benzene rings is 4. The summed E-state index contributed by atoms with van der Waals surface area (Å²) >= 11 is 6.40. The number of anilines is 2. The molecule has 0 aromatic heterocycles. The van der Waals surface area contributed by atoms with Crippen LogP contribution in [0.15, 0.2) is 114 Å². The van der Waals surface area contributed by atoms with Crippen molar-refractivity contribution in [1.82, 2.24) is 0 Å². The van der Waals surface area contributed by atoms with Crippen molar-refractivity contribution < 1.29 is 44.0 Å². The molecule has 0 bridgehead atoms. The van der Waals surface area contributed by atoms with Crippen LogP contribution in [0.3, 0.4) is 0 Å². The van der Waals surface area contributed by atoms with E-state index in [0.29, 0.717) is 33.2 Å². The van der Waals surface area contributed by atoms with Crippen LogP contribution in [0, 0.1) is 29.6 Å². The Labute approximate surface area is 313 Å². The molecule has 5 aliphatic rings. The van der Waals surface area contributed by atoms with Crippen molar-refractivity contribution in [2.75, 3.05) is 9.80 Å². The maximum atomic E-state index is 15.4. The number of aromatic carboxylic acids is 1. The summed E-state index contributed by atoms with van der Waals surface area (Å²) in [5.41, 5.74) is 1.15. The number of phenols is 2. The molecule has 6 atom stereocenters. The van der Waals surface area contributed by atoms with E-state index in [4.69, 9.17) is 16.3 Å². The minimum atomic E-state index is -1.50. The molecule has 3 N–H and O–H groups in total. The first kappa shape index (κ1) is 33.6. The summed E-state index contributed by atoms with van der Waals surface area (Å²) in [4.78, 5) is 72.8. The molecule has 2 aliphatic carbocycles. The SMILES string of the molecule is O=C(O)c1ccc(N2C(=O)C3CC=C4C(CC5C(=O)N(c6cccc(Cl)c6)C(=O)C5(c5ccccc5)C4C4=COc5ccc(O)cc5C4)C3C2=O)cc1O. The van der Waals surface area contributed by atoms with Gasteiger partial charge in [-0.3, -0.25) is 19.2 Å². The van der Waals surface area contributed by atoms with Gasteiger partial charge in [-0.25, -0.2) is 14.6 Å². The van der Waals surface area contributed by atoms with Gasteiger partial charge in [0.25, 0.3) is 0 Å². The normalized spacial score (nSPS) is 27.0. The molecule has 0 spiro atoms. The molecule has 1 saturated carbocycles. The largest absolute Gasteiger partial charge is 0.508 e. The maximum Gasteiger partial charge on any atom is 0.339 e. The summed E-state index contributed by atoms with van der Waals surface area (Å²) in [6.45, 7) is 0. The number of fused-ring (bicyclic) bond motifs is 5. The van der Waals surface area contributed by atoms with E-state index in [1.807, 2.05) is 36.4 Å². The van der Waals surface area contributed by atoms with E-state index in [9.17, 15) is 34.5 Å². The number of amides is 4. The van der Waals surface area contributed by atoms with Crippen LogP contribution < -0.4 is 14.5 Å². The van der Waals surface area contributed by atoms with E-state index >= 15 is 4.79 Å². The number of ether oxygens (including phenoxy) is 1. The van der Waals surface area contributed by atoms with Crippen LogP contribution in [0.5, 0.6) is 17.2 Å². The van der Waals surface area contributed by atoms with Crippen molar-refractivity contribution in [3.63, 3.8) is 0 Å². The molecule has 6 unspecified atom stereocenters. The van der Waals surface area contributed by atoms with Gasteiger partial charge in [-0.2, -0.15) is 0 Å². The number of carbonyl (C=O) groups excluding carboxylic acids is 4. The molecule has 4 amide bonds. The van der Waals surface area contributed by atoms with Gasteiger partial charge in [-0.05, 0) is 78.4 Å². The minimum Gasteiger partial charge on any atom is -0.508 e. The summed E-state index contributed by atoms with van der Waals surface area (Å²) in [5.74, 6) is -7.52. The zero-order chi connectivity index (χ0) is 37.6. The molecule has 3 fully saturated rings. The smallest absolute Gasteiger partial charge is 0.339 e. The fourth-order valence-electron chi connectivity index (χ4n) is 9.65. The molecule has 0 radical (unpaired) electrons. The van der Waals surface area contributed by atoms with Gasteiger partial charge in [0.05, 0.1) is 40.8 Å². The molecule has 2 saturated heterocycles. The number of nitrogens with zero attached hydrogens (tertiary/aromatic N) is 2. The van der Waals surface area contributed by atoms with Gasteiger partial charge in [0.2, 0.25) is 23.6 Å². The maximum absolute atomic E-state index is 15.4. The molecule has 3 aliphatic heterocycles. The monoisotopic (exact) mass is 742 g/mol. The van der Waals surface area contributed by atoms with E-state index in [1.165, 1.54) is 17.0 Å². The third-order valence-electron chi connectivity index (χ3n) is 11.8. The van der Waals surface area contributed by atoms with Gasteiger partial charge in [-0.15, -0.1) is 0 Å². The van der Waals surface area contributed by atoms with E-state index in [-0.39, 0.29) is 36.3 Å². The lowest BCUT2D eigenvalue weighted by atomic mass is 9.48. The van der Waals surface area contributed by atoms with Crippen LogP contribution in [0.4, 0.5) is 11.4 Å². The predicted molar refractivity (Wildman–Crippen MR) is 195 cm³/mol. The quantitative estimate of drug-likeness (QED) is 0.161. The standard InChI is InChI=1S/C42H31ClN2O9/c43-24-7-4-8-25(17-24)45-38(49)32-19-31-28(12-13-30-35(31)39(50)44(37(30)48)26-9-11-29(40(51)52)33(47)18-26)36(42(32,41(45)53)23-5-2-1-3-6-23)22-15-21-16-27(46)10-14-34(21)54-20-22/h1-12,14,16-18,20,30-32,35-36,46-47H,13,15,19H2,(H,51,52). The summed E-state index contributed by atoms with van der Waals surface area (Å²) < 4.78 is 6.16. The number of carboxylic acid groups (broad SMARTS) is 1. The Hall–Kier alpha value is -6.20. The Morgan fingerprint density at radius 2 is 1.59 bits per heavy atom. The van der Waals surface area contributed by atoms with Crippen molar-refractivity contribution in [1.29, 1.82) is 0 Å². The van der Waals surface area contributed by atoms with Crippen molar-refractivity contribution in [3.05, 3.63) is 136 Å². The highest BCUT2D eigenvalue weighted by Gasteiger charge is 2.70. The van der Waals surface area contributed by atoms with Crippen LogP contribution in [0.2, 0.25) is 5.02 Å². The minimum absolute atomic E-state index is 0.0346. The molecular formula is C42H31ClN2O9. The average molecular weight is 743 g/mol. The fourth-order valence-corrected chi connectivity index (χ4v) is 9.84. The number of carbonyl (C=O) groups is 5. The van der Waals surface area contributed by atoms with Gasteiger partial charge >= 0.3 is 5.97 Å². The Morgan fingerprint density at radius 3 is 2.33 bits per heavy atom. The first-order chi connectivity index (χ1) is 26.0. The Bertz CT molecular complexity index is 2410. The lowest BCUT2D eigenvalue weighted by Gasteiger charge is -2.51. The van der Waals surface area contributed by atoms with Crippen LogP contribution in [-0.4, -0.2) is 44.9 Å². The average Bonchev–Trinajstić information content (AvgIpc) is 3.55. The van der Waals surface area contributed by atoms with E-state index < -0.39 is 70.4 Å². The second-order valence-electron chi connectivity index (χ2n) is 14.4. The highest BCUT2D eigenvalue weighted by Crippen LogP contribution is 2.64. The highest BCUT2D eigenvalue weighted by atomic mass is 35.5. The molecule has 54 heavy (non-hydrogen) atoms. The van der Waals surface area contributed by atoms with Gasteiger partial charge < -0.3 is 20.1 Å². The number of imide groups is 2. The van der Waals surface area contributed by atoms with Crippen molar-refractivity contribution in [3.8, 4) is 17.2 Å². The van der Waals surface area contributed by atoms with Gasteiger partial charge in [0, 0.05) is 29.0 Å². The second kappa shape index (κ2) is 12.2. The summed E-state index contributed by atoms with van der Waals surface area (Å²) in [5, 5.41) is 30.7. The fraction of sp³-hybridized carbons (Fsp3) is 0.214. The molecule has 4 aromatic carbocycles. The summed E-state index contributed by atoms with van der Waals surface area (Å²) in [7, 11) is 0. The Balaban J connectivity index is 1.23. The van der Waals surface area contributed by atoms with Gasteiger partial charge in [-0.1, -0.05) is 59.6 Å². The number of halogens is 1. The van der Waals surface area contributed by atoms with E-state index in [1.54, 1.807) is 42.7 Å². The number of hydrogen-bond acceptors (Lipinski definition) is 8. The first-order valence-corrected chi connectivity index (χ1v) is 17.9. The van der Waals surface area contributed by atoms with E-state index in [0.717, 1.165) is 22.6 Å². The summed E-state index contributed by atoms with van der Waals surface area (Å²) in [6, 6.07) is 24.0. The number of hydrogen-bond donors (Lipinski definition) is 3. The third-order valence-corrected chi connectivity index (χ3v) is 12.0. The second-order valence-corrected chi connectivity index (χ2v) is 14.8. The molecule has 270 valence electrons. The molecule has 11 nitrogen and oxygen atoms in total. The number of carboxylic acids is 1. The Morgan fingerprint density at radius 1 is 0.815 bits per heavy atom. The third kappa shape index (κ3) is 4.70. The number of phenolic OH excluding ortho intramolecular Hbond substituents is 1. The number of aromatic hydroxyl groups is 2. The number of rotatable bonds is 5. The predicted octanol–water partition coefficient (Wildman–Crippen LogP) is 6.17. The van der Waals surface area contributed by atoms with Gasteiger partial charge in [0.1, 0.15) is 22.8 Å². The highest BCUT2D eigenvalue weighted by molar-refractivity contribution is 6.32. The van der Waals surface area contributed by atoms with Crippen LogP contribution >= 0.6 is 11.6 Å². The van der Waals surface area contributed by atoms with E-state index in [2.05, 4.69) is 0 Å². The molecule has 12 heteroatoms. The number of allylic oxidation sites excluding steroid dienone is 3. The molecule has 3 heterocycles. The topological polar surface area (TPSA) is 162 Å². The first-order valence-electron chi connectivity index (χ1n) is 17.5. The van der Waals surface area contributed by atoms with Crippen molar-refractivity contribution in [2.24, 2.45) is 29.6 Å². The Kier molecular flexibility index (Phi) is 7.58. The zero-order valence-electron chi connectivity index (χ0n) is 28.4. The van der Waals surface area contributed by atoms with Crippen LogP contribution in [0.25, 0.3) is 0 Å². The molecular weight excluding hydrogens is 712 g/mol. The zero-order valence-corrected chi connectivity index (χ0v) is 29.1. The van der Waals surface area contributed by atoms with Crippen LogP contribution in [-0.2, 0) is 31.0 Å². The lowest BCUT2D eigenvalue weighted by molar-refractivity contribution is -0.128. The van der Waals surface area contributed by atoms with Crippen molar-refractivity contribution >= 4 is 52.6 Å². The lowest BCUT2D eigenvalue weighted by Crippen LogP contribution is -2.55. The van der Waals surface area contributed by atoms with Crippen LogP contribution in [0.1, 0.15) is 34.3 Å². The molecule has 9 rings (SSSR count). The van der Waals surface area contributed by atoms with Gasteiger partial charge in [0.15, 0.2) is 0 Å².